The van der Waals surface area contributed by atoms with E-state index in [-0.39, 0.29) is 12.3 Å². The first-order valence-corrected chi connectivity index (χ1v) is 15.4. The van der Waals surface area contributed by atoms with Gasteiger partial charge in [0, 0.05) is 34.4 Å². The minimum absolute atomic E-state index is 0.104. The smallest absolute Gasteiger partial charge is 0.408 e. The van der Waals surface area contributed by atoms with Crippen molar-refractivity contribution in [2.75, 3.05) is 0 Å². The summed E-state index contributed by atoms with van der Waals surface area (Å²) in [6.07, 6.45) is 8.65. The second kappa shape index (κ2) is 12.6. The number of aromatic nitrogens is 4. The van der Waals surface area contributed by atoms with E-state index in [2.05, 4.69) is 27.8 Å². The molecule has 1 amide bonds. The highest BCUT2D eigenvalue weighted by Gasteiger charge is 2.43. The first-order valence-electron chi connectivity index (χ1n) is 14.6. The summed E-state index contributed by atoms with van der Waals surface area (Å²) in [7, 11) is 0. The van der Waals surface area contributed by atoms with Crippen molar-refractivity contribution in [1.82, 2.24) is 24.8 Å². The summed E-state index contributed by atoms with van der Waals surface area (Å²) in [6, 6.07) is 9.06. The average Bonchev–Trinajstić information content (AvgIpc) is 3.25. The molecule has 0 unspecified atom stereocenters. The number of allylic oxidation sites excluding steroid dienone is 1. The molecule has 4 aromatic rings. The topological polar surface area (TPSA) is 91.2 Å². The molecule has 0 spiro atoms. The number of amides is 1. The van der Waals surface area contributed by atoms with Gasteiger partial charge in [0.1, 0.15) is 22.7 Å². The molecule has 2 heterocycles. The van der Waals surface area contributed by atoms with Gasteiger partial charge in [-0.15, -0.1) is 6.58 Å². The lowest BCUT2D eigenvalue weighted by molar-refractivity contribution is -0.0505. The largest absolute Gasteiger partial charge is 0.444 e. The van der Waals surface area contributed by atoms with E-state index in [0.29, 0.717) is 28.7 Å². The third-order valence-corrected chi connectivity index (χ3v) is 8.43. The van der Waals surface area contributed by atoms with Gasteiger partial charge >= 0.3 is 12.7 Å². The quantitative estimate of drug-likeness (QED) is 0.171. The molecule has 5 rings (SSSR count). The molecule has 1 N–H and O–H groups in total. The van der Waals surface area contributed by atoms with Crippen molar-refractivity contribution in [3.63, 3.8) is 0 Å². The Balaban J connectivity index is 1.51. The third kappa shape index (κ3) is 6.77. The lowest BCUT2D eigenvalue weighted by Gasteiger charge is -2.41. The van der Waals surface area contributed by atoms with Crippen molar-refractivity contribution >= 4 is 33.1 Å². The van der Waals surface area contributed by atoms with Crippen LogP contribution in [-0.2, 0) is 23.2 Å². The fourth-order valence-electron chi connectivity index (χ4n) is 5.44. The normalized spacial score (nSPS) is 14.4. The van der Waals surface area contributed by atoms with Crippen LogP contribution in [0.1, 0.15) is 69.2 Å². The highest BCUT2D eigenvalue weighted by molar-refractivity contribution is 9.10. The molecular formula is C33H36BrF2N5O3. The number of benzene rings is 2. The molecule has 0 radical (unpaired) electrons. The van der Waals surface area contributed by atoms with Crippen molar-refractivity contribution in [3.05, 3.63) is 82.6 Å². The highest BCUT2D eigenvalue weighted by atomic mass is 79.9. The van der Waals surface area contributed by atoms with Crippen molar-refractivity contribution in [2.45, 2.75) is 84.1 Å². The predicted molar refractivity (Wildman–Crippen MR) is 169 cm³/mol. The first kappa shape index (κ1) is 31.6. The van der Waals surface area contributed by atoms with Crippen LogP contribution in [-0.4, -0.2) is 37.8 Å². The molecule has 0 bridgehead atoms. The zero-order chi connectivity index (χ0) is 31.6. The van der Waals surface area contributed by atoms with Gasteiger partial charge in [-0.2, -0.15) is 8.78 Å². The number of halogens is 3. The van der Waals surface area contributed by atoms with E-state index in [1.807, 2.05) is 50.5 Å². The zero-order valence-electron chi connectivity index (χ0n) is 25.3. The van der Waals surface area contributed by atoms with E-state index in [1.54, 1.807) is 24.5 Å². The van der Waals surface area contributed by atoms with Crippen LogP contribution < -0.4 is 10.1 Å². The number of carbonyl (C=O) groups excluding carboxylic acids is 1. The van der Waals surface area contributed by atoms with Crippen molar-refractivity contribution < 1.29 is 23.0 Å². The number of rotatable bonds is 10. The van der Waals surface area contributed by atoms with E-state index < -0.39 is 23.8 Å². The fraction of sp³-hybridized carbons (Fsp3) is 0.394. The number of nitrogens with one attached hydrogen (secondary N) is 1. The lowest BCUT2D eigenvalue weighted by atomic mass is 9.76. The van der Waals surface area contributed by atoms with E-state index in [4.69, 9.17) is 24.4 Å². The monoisotopic (exact) mass is 667 g/mol. The Hall–Kier alpha value is -3.86. The highest BCUT2D eigenvalue weighted by Crippen LogP contribution is 2.40. The van der Waals surface area contributed by atoms with Gasteiger partial charge in [-0.25, -0.2) is 19.7 Å². The number of alkyl halides is 2. The molecule has 1 fully saturated rings. The molecule has 0 atom stereocenters. The summed E-state index contributed by atoms with van der Waals surface area (Å²) >= 11 is 3.52. The van der Waals surface area contributed by atoms with Crippen LogP contribution in [0.2, 0.25) is 0 Å². The predicted octanol–water partition coefficient (Wildman–Crippen LogP) is 8.24. The average molecular weight is 669 g/mol. The molecule has 2 aromatic carbocycles. The minimum atomic E-state index is -2.95. The SMILES string of the molecule is C=CCCc1nc2cc(C)c(-c3cnc(C4(NC(=O)OC(C)(C)C)CCC4)nc3)cc2n1Cc1c(Br)cccc1OC(F)F. The van der Waals surface area contributed by atoms with Crippen molar-refractivity contribution in [1.29, 1.82) is 0 Å². The fourth-order valence-corrected chi connectivity index (χ4v) is 5.91. The zero-order valence-corrected chi connectivity index (χ0v) is 26.9. The Morgan fingerprint density at radius 3 is 2.57 bits per heavy atom. The molecule has 2 aromatic heterocycles. The minimum Gasteiger partial charge on any atom is -0.444 e. The standard InChI is InChI=1S/C33H36BrF2N5O3/c1-6-7-12-28-39-25-15-20(2)22(16-26(25)41(28)19-23-24(34)10-8-11-27(23)43-30(35)36)21-17-37-29(38-18-21)33(13-9-14-33)40-31(42)44-32(3,4)5/h6,8,10-11,15-18,30H,1,7,9,12-14,19H2,2-5H3,(H,40,42). The molecule has 1 aliphatic rings. The number of carbonyl (C=O) groups is 1. The van der Waals surface area contributed by atoms with Crippen LogP contribution in [0.5, 0.6) is 5.75 Å². The van der Waals surface area contributed by atoms with Crippen LogP contribution in [0, 0.1) is 6.92 Å². The van der Waals surface area contributed by atoms with Gasteiger partial charge < -0.3 is 19.4 Å². The summed E-state index contributed by atoms with van der Waals surface area (Å²) in [4.78, 5) is 26.9. The first-order chi connectivity index (χ1) is 20.9. The Kier molecular flexibility index (Phi) is 9.06. The van der Waals surface area contributed by atoms with E-state index >= 15 is 0 Å². The summed E-state index contributed by atoms with van der Waals surface area (Å²) in [5.41, 5.74) is 3.67. The number of hydrogen-bond acceptors (Lipinski definition) is 6. The second-order valence-electron chi connectivity index (χ2n) is 12.1. The van der Waals surface area contributed by atoms with Gasteiger partial charge in [-0.05, 0) is 88.8 Å². The maximum Gasteiger partial charge on any atom is 0.408 e. The lowest BCUT2D eigenvalue weighted by Crippen LogP contribution is -2.53. The Labute approximate surface area is 264 Å². The number of alkyl carbamates (subject to hydrolysis) is 1. The molecule has 1 saturated carbocycles. The summed E-state index contributed by atoms with van der Waals surface area (Å²) in [5, 5.41) is 3.00. The molecule has 0 saturated heterocycles. The van der Waals surface area contributed by atoms with Gasteiger partial charge in [-0.3, -0.25) is 0 Å². The van der Waals surface area contributed by atoms with Crippen LogP contribution >= 0.6 is 15.9 Å². The van der Waals surface area contributed by atoms with Gasteiger partial charge in [0.25, 0.3) is 0 Å². The van der Waals surface area contributed by atoms with Crippen LogP contribution in [0.25, 0.3) is 22.2 Å². The van der Waals surface area contributed by atoms with E-state index in [9.17, 15) is 13.6 Å². The molecule has 8 nitrogen and oxygen atoms in total. The van der Waals surface area contributed by atoms with Crippen LogP contribution in [0.3, 0.4) is 0 Å². The van der Waals surface area contributed by atoms with E-state index in [0.717, 1.165) is 52.8 Å². The molecule has 1 aliphatic carbocycles. The van der Waals surface area contributed by atoms with Gasteiger partial charge in [0.2, 0.25) is 0 Å². The number of imidazole rings is 1. The van der Waals surface area contributed by atoms with Crippen LogP contribution in [0.4, 0.5) is 13.6 Å². The van der Waals surface area contributed by atoms with Crippen LogP contribution in [0.15, 0.2) is 59.9 Å². The van der Waals surface area contributed by atoms with Gasteiger partial charge in [0.15, 0.2) is 5.82 Å². The van der Waals surface area contributed by atoms with Gasteiger partial charge in [-0.1, -0.05) is 28.1 Å². The summed E-state index contributed by atoms with van der Waals surface area (Å²) in [6.45, 7) is 8.65. The van der Waals surface area contributed by atoms with Gasteiger partial charge in [0.05, 0.1) is 17.6 Å². The Bertz CT molecular complexity index is 1680. The second-order valence-corrected chi connectivity index (χ2v) is 12.9. The molecule has 11 heteroatoms. The van der Waals surface area contributed by atoms with Crippen molar-refractivity contribution in [3.8, 4) is 16.9 Å². The van der Waals surface area contributed by atoms with E-state index in [1.165, 1.54) is 6.07 Å². The molecular weight excluding hydrogens is 632 g/mol. The third-order valence-electron chi connectivity index (χ3n) is 7.69. The molecule has 0 aliphatic heterocycles. The molecule has 44 heavy (non-hydrogen) atoms. The Morgan fingerprint density at radius 1 is 1.23 bits per heavy atom. The maximum atomic E-state index is 13.2. The number of nitrogens with zero attached hydrogens (tertiary/aromatic N) is 4. The molecule has 232 valence electrons. The number of hydrogen-bond donors (Lipinski definition) is 1. The Morgan fingerprint density at radius 2 is 1.95 bits per heavy atom. The van der Waals surface area contributed by atoms with Crippen molar-refractivity contribution in [2.24, 2.45) is 0 Å². The number of aryl methyl sites for hydroxylation is 2. The number of ether oxygens (including phenoxy) is 2. The summed E-state index contributed by atoms with van der Waals surface area (Å²) in [5.74, 6) is 1.46. The number of fused-ring (bicyclic) bond motifs is 1. The summed E-state index contributed by atoms with van der Waals surface area (Å²) < 4.78 is 39.5. The maximum absolute atomic E-state index is 13.2.